The summed E-state index contributed by atoms with van der Waals surface area (Å²) in [5, 5.41) is 9.98. The molecule has 1 aliphatic heterocycles. The number of aromatic nitrogens is 4. The van der Waals surface area contributed by atoms with Gasteiger partial charge in [0.1, 0.15) is 5.75 Å². The van der Waals surface area contributed by atoms with E-state index < -0.39 is 5.69 Å². The highest BCUT2D eigenvalue weighted by Crippen LogP contribution is 2.51. The van der Waals surface area contributed by atoms with Crippen molar-refractivity contribution in [3.05, 3.63) is 57.9 Å². The molecule has 0 saturated heterocycles. The maximum absolute atomic E-state index is 11.9. The third kappa shape index (κ3) is 2.44. The second-order valence-electron chi connectivity index (χ2n) is 7.00. The van der Waals surface area contributed by atoms with Gasteiger partial charge in [-0.3, -0.25) is 0 Å². The smallest absolute Gasteiger partial charge is 0.333 e. The van der Waals surface area contributed by atoms with E-state index in [1.807, 2.05) is 18.2 Å². The van der Waals surface area contributed by atoms with Crippen molar-refractivity contribution in [1.82, 2.24) is 19.5 Å². The summed E-state index contributed by atoms with van der Waals surface area (Å²) < 4.78 is 12.9. The Hall–Kier alpha value is -3.13. The number of fused-ring (bicyclic) bond motifs is 2. The van der Waals surface area contributed by atoms with Gasteiger partial charge in [0.05, 0.1) is 36.0 Å². The summed E-state index contributed by atoms with van der Waals surface area (Å²) in [7, 11) is 0. The molecule has 8 heteroatoms. The molecule has 138 valence electrons. The molecule has 0 radical (unpaired) electrons. The third-order valence-corrected chi connectivity index (χ3v) is 5.36. The molecule has 0 unspecified atom stereocenters. The van der Waals surface area contributed by atoms with Gasteiger partial charge in [-0.15, -0.1) is 0 Å². The average Bonchev–Trinajstić information content (AvgIpc) is 3.13. The van der Waals surface area contributed by atoms with E-state index >= 15 is 0 Å². The first-order chi connectivity index (χ1) is 13.1. The van der Waals surface area contributed by atoms with Gasteiger partial charge in [0.25, 0.3) is 0 Å². The SMILES string of the molecule is Cc1[nH]c(=O)n(-c2cnc(Oc3ccc4c(c3)C3(CCC3)OC4)nc2)c1O. The zero-order chi connectivity index (χ0) is 18.6. The predicted octanol–water partition coefficient (Wildman–Crippen LogP) is 2.67. The fraction of sp³-hybridized carbons (Fsp3) is 0.316. The van der Waals surface area contributed by atoms with E-state index in [1.54, 1.807) is 6.92 Å². The van der Waals surface area contributed by atoms with Crippen molar-refractivity contribution in [2.75, 3.05) is 0 Å². The summed E-state index contributed by atoms with van der Waals surface area (Å²) >= 11 is 0. The molecule has 2 aliphatic rings. The summed E-state index contributed by atoms with van der Waals surface area (Å²) in [4.78, 5) is 22.7. The Bertz CT molecular complexity index is 1080. The quantitative estimate of drug-likeness (QED) is 0.739. The van der Waals surface area contributed by atoms with E-state index in [-0.39, 0.29) is 17.5 Å². The highest BCUT2D eigenvalue weighted by atomic mass is 16.5. The van der Waals surface area contributed by atoms with Gasteiger partial charge >= 0.3 is 11.7 Å². The van der Waals surface area contributed by atoms with Crippen LogP contribution in [0.3, 0.4) is 0 Å². The van der Waals surface area contributed by atoms with Crippen molar-refractivity contribution >= 4 is 0 Å². The zero-order valence-electron chi connectivity index (χ0n) is 14.7. The second kappa shape index (κ2) is 5.68. The van der Waals surface area contributed by atoms with Crippen molar-refractivity contribution in [3.63, 3.8) is 0 Å². The Morgan fingerprint density at radius 1 is 1.30 bits per heavy atom. The van der Waals surface area contributed by atoms with Crippen LogP contribution in [-0.2, 0) is 16.9 Å². The normalized spacial score (nSPS) is 16.9. The van der Waals surface area contributed by atoms with Crippen molar-refractivity contribution < 1.29 is 14.6 Å². The van der Waals surface area contributed by atoms with Crippen LogP contribution < -0.4 is 10.4 Å². The number of ether oxygens (including phenoxy) is 2. The zero-order valence-corrected chi connectivity index (χ0v) is 14.7. The minimum absolute atomic E-state index is 0.135. The number of nitrogens with zero attached hydrogens (tertiary/aromatic N) is 3. The molecule has 3 heterocycles. The molecule has 1 aliphatic carbocycles. The highest BCUT2D eigenvalue weighted by molar-refractivity contribution is 5.43. The monoisotopic (exact) mass is 366 g/mol. The number of aryl methyl sites for hydroxylation is 1. The first-order valence-electron chi connectivity index (χ1n) is 8.84. The summed E-state index contributed by atoms with van der Waals surface area (Å²) in [6.45, 7) is 2.26. The number of H-pyrrole nitrogens is 1. The van der Waals surface area contributed by atoms with Gasteiger partial charge in [0.2, 0.25) is 5.88 Å². The molecule has 1 aromatic carbocycles. The summed E-state index contributed by atoms with van der Waals surface area (Å²) in [5.41, 5.74) is 2.55. The Morgan fingerprint density at radius 3 is 2.70 bits per heavy atom. The lowest BCUT2D eigenvalue weighted by Gasteiger charge is -2.38. The fourth-order valence-electron chi connectivity index (χ4n) is 3.73. The minimum Gasteiger partial charge on any atom is -0.493 e. The van der Waals surface area contributed by atoms with Crippen LogP contribution in [0.5, 0.6) is 17.6 Å². The maximum atomic E-state index is 11.9. The van der Waals surface area contributed by atoms with Crippen LogP contribution in [0.4, 0.5) is 0 Å². The number of imidazole rings is 1. The first kappa shape index (κ1) is 16.1. The summed E-state index contributed by atoms with van der Waals surface area (Å²) in [5.74, 6) is 0.484. The molecule has 1 fully saturated rings. The van der Waals surface area contributed by atoms with E-state index in [0.717, 1.165) is 17.4 Å². The van der Waals surface area contributed by atoms with Crippen molar-refractivity contribution in [1.29, 1.82) is 0 Å². The number of aromatic amines is 1. The van der Waals surface area contributed by atoms with Crippen LogP contribution >= 0.6 is 0 Å². The molecule has 2 aromatic heterocycles. The molecule has 8 nitrogen and oxygen atoms in total. The average molecular weight is 366 g/mol. The van der Waals surface area contributed by atoms with Gasteiger partial charge in [-0.25, -0.2) is 19.3 Å². The van der Waals surface area contributed by atoms with E-state index in [1.165, 1.54) is 29.9 Å². The van der Waals surface area contributed by atoms with Crippen LogP contribution in [0.1, 0.15) is 36.1 Å². The van der Waals surface area contributed by atoms with Gasteiger partial charge in [0.15, 0.2) is 0 Å². The van der Waals surface area contributed by atoms with Crippen molar-refractivity contribution in [2.45, 2.75) is 38.4 Å². The number of aromatic hydroxyl groups is 1. The van der Waals surface area contributed by atoms with Crippen molar-refractivity contribution in [2.24, 2.45) is 0 Å². The Kier molecular flexibility index (Phi) is 3.38. The molecule has 3 aromatic rings. The number of hydrogen-bond donors (Lipinski definition) is 2. The van der Waals surface area contributed by atoms with E-state index in [0.29, 0.717) is 23.7 Å². The van der Waals surface area contributed by atoms with Crippen LogP contribution in [0.15, 0.2) is 35.4 Å². The molecular formula is C19H18N4O4. The molecule has 1 saturated carbocycles. The lowest BCUT2D eigenvalue weighted by Crippen LogP contribution is -2.33. The largest absolute Gasteiger partial charge is 0.493 e. The molecule has 2 N–H and O–H groups in total. The second-order valence-corrected chi connectivity index (χ2v) is 7.00. The minimum atomic E-state index is -0.452. The van der Waals surface area contributed by atoms with Crippen LogP contribution in [0, 0.1) is 6.92 Å². The standard InChI is InChI=1S/C19H18N4O4/c1-11-16(24)23(18(25)22-11)13-8-20-17(21-9-13)27-14-4-3-12-10-26-19(5-2-6-19)15(12)7-14/h3-4,7-9,24H,2,5-6,10H2,1H3,(H,22,25). The maximum Gasteiger partial charge on any atom is 0.333 e. The number of hydrogen-bond acceptors (Lipinski definition) is 6. The van der Waals surface area contributed by atoms with Gasteiger partial charge < -0.3 is 19.6 Å². The summed E-state index contributed by atoms with van der Waals surface area (Å²) in [6, 6.07) is 6.07. The molecule has 27 heavy (non-hydrogen) atoms. The van der Waals surface area contributed by atoms with Crippen molar-refractivity contribution in [3.8, 4) is 23.3 Å². The summed E-state index contributed by atoms with van der Waals surface area (Å²) in [6.07, 6.45) is 6.13. The third-order valence-electron chi connectivity index (χ3n) is 5.36. The van der Waals surface area contributed by atoms with Gasteiger partial charge in [0, 0.05) is 0 Å². The van der Waals surface area contributed by atoms with E-state index in [4.69, 9.17) is 9.47 Å². The molecule has 0 amide bonds. The van der Waals surface area contributed by atoms with Crippen LogP contribution in [-0.4, -0.2) is 24.6 Å². The molecule has 0 bridgehead atoms. The van der Waals surface area contributed by atoms with E-state index in [9.17, 15) is 9.90 Å². The van der Waals surface area contributed by atoms with Gasteiger partial charge in [-0.1, -0.05) is 6.07 Å². The fourth-order valence-corrected chi connectivity index (χ4v) is 3.73. The molecule has 5 rings (SSSR count). The Labute approximate surface area is 154 Å². The van der Waals surface area contributed by atoms with Crippen LogP contribution in [0.25, 0.3) is 5.69 Å². The first-order valence-corrected chi connectivity index (χ1v) is 8.84. The molecule has 1 spiro atoms. The number of benzene rings is 1. The lowest BCUT2D eigenvalue weighted by molar-refractivity contribution is -0.0944. The van der Waals surface area contributed by atoms with Crippen LogP contribution in [0.2, 0.25) is 0 Å². The molecule has 0 atom stereocenters. The Morgan fingerprint density at radius 2 is 2.07 bits per heavy atom. The predicted molar refractivity (Wildman–Crippen MR) is 95.2 cm³/mol. The number of nitrogens with one attached hydrogen (secondary N) is 1. The van der Waals surface area contributed by atoms with Gasteiger partial charge in [-0.2, -0.15) is 0 Å². The lowest BCUT2D eigenvalue weighted by atomic mass is 9.75. The van der Waals surface area contributed by atoms with E-state index in [2.05, 4.69) is 15.0 Å². The Balaban J connectivity index is 1.41. The molecular weight excluding hydrogens is 348 g/mol. The highest BCUT2D eigenvalue weighted by Gasteiger charge is 2.45. The van der Waals surface area contributed by atoms with Gasteiger partial charge in [-0.05, 0) is 49.4 Å². The number of rotatable bonds is 3. The topological polar surface area (TPSA) is 102 Å².